The summed E-state index contributed by atoms with van der Waals surface area (Å²) in [5.41, 5.74) is 0.371. The van der Waals surface area contributed by atoms with Crippen LogP contribution in [-0.2, 0) is 14.3 Å². The summed E-state index contributed by atoms with van der Waals surface area (Å²) in [5.74, 6) is -1.20. The van der Waals surface area contributed by atoms with Gasteiger partial charge in [0.1, 0.15) is 0 Å². The highest BCUT2D eigenvalue weighted by atomic mass is 16.6. The minimum atomic E-state index is -0.977. The third-order valence-corrected chi connectivity index (χ3v) is 2.35. The van der Waals surface area contributed by atoms with Gasteiger partial charge in [0.2, 0.25) is 0 Å². The molecular weight excluding hydrogens is 236 g/mol. The van der Waals surface area contributed by atoms with E-state index in [4.69, 9.17) is 9.84 Å². The Labute approximate surface area is 105 Å². The Morgan fingerprint density at radius 3 is 2.50 bits per heavy atom. The summed E-state index contributed by atoms with van der Waals surface area (Å²) in [4.78, 5) is 23.1. The van der Waals surface area contributed by atoms with Gasteiger partial charge in [-0.3, -0.25) is 0 Å². The number of carbonyl (C=O) groups is 2. The van der Waals surface area contributed by atoms with E-state index in [1.807, 2.05) is 0 Å². The van der Waals surface area contributed by atoms with Crippen molar-refractivity contribution < 1.29 is 24.2 Å². The van der Waals surface area contributed by atoms with Crippen LogP contribution in [0.5, 0.6) is 0 Å². The molecule has 0 fully saturated rings. The first-order chi connectivity index (χ1) is 8.69. The average molecular weight is 252 g/mol. The Kier molecular flexibility index (Phi) is 5.87. The molecule has 0 bridgehead atoms. The zero-order valence-electron chi connectivity index (χ0n) is 10.2. The van der Waals surface area contributed by atoms with E-state index in [1.54, 1.807) is 30.3 Å². The summed E-state index contributed by atoms with van der Waals surface area (Å²) in [6.45, 7) is -0.0730. The fraction of sp³-hybridized carbons (Fsp3) is 0.385. The quantitative estimate of drug-likeness (QED) is 0.769. The van der Waals surface area contributed by atoms with E-state index >= 15 is 0 Å². The Balaban J connectivity index is 2.65. The highest BCUT2D eigenvalue weighted by molar-refractivity contribution is 5.91. The lowest BCUT2D eigenvalue weighted by Crippen LogP contribution is -2.28. The van der Waals surface area contributed by atoms with Crippen LogP contribution in [-0.4, -0.2) is 36.9 Å². The number of aliphatic hydroxyl groups is 1. The van der Waals surface area contributed by atoms with Gasteiger partial charge in [-0.2, -0.15) is 0 Å². The number of rotatable bonds is 6. The van der Waals surface area contributed by atoms with Gasteiger partial charge in [-0.05, 0) is 25.0 Å². The zero-order valence-corrected chi connectivity index (χ0v) is 10.2. The van der Waals surface area contributed by atoms with Crippen molar-refractivity contribution in [3.05, 3.63) is 35.9 Å². The van der Waals surface area contributed by atoms with E-state index in [-0.39, 0.29) is 13.0 Å². The molecule has 0 spiro atoms. The maximum Gasteiger partial charge on any atom is 0.347 e. The SMILES string of the molecule is COC(=O)[C@H](CCCO)OC(=O)c1ccccc1. The third kappa shape index (κ3) is 4.18. The lowest BCUT2D eigenvalue weighted by molar-refractivity contribution is -0.151. The number of aliphatic hydroxyl groups excluding tert-OH is 1. The molecule has 0 amide bonds. The van der Waals surface area contributed by atoms with Gasteiger partial charge in [0.25, 0.3) is 0 Å². The van der Waals surface area contributed by atoms with Crippen LogP contribution in [0.4, 0.5) is 0 Å². The number of methoxy groups -OCH3 is 1. The molecule has 1 N–H and O–H groups in total. The first-order valence-electron chi connectivity index (χ1n) is 5.63. The molecule has 0 unspecified atom stereocenters. The predicted molar refractivity (Wildman–Crippen MR) is 64.0 cm³/mol. The number of hydrogen-bond acceptors (Lipinski definition) is 5. The highest BCUT2D eigenvalue weighted by Gasteiger charge is 2.23. The molecule has 0 aliphatic heterocycles. The predicted octanol–water partition coefficient (Wildman–Crippen LogP) is 1.16. The van der Waals surface area contributed by atoms with Crippen molar-refractivity contribution >= 4 is 11.9 Å². The summed E-state index contributed by atoms with van der Waals surface area (Å²) < 4.78 is 9.62. The maximum absolute atomic E-state index is 11.7. The van der Waals surface area contributed by atoms with Crippen molar-refractivity contribution in [2.24, 2.45) is 0 Å². The van der Waals surface area contributed by atoms with E-state index < -0.39 is 18.0 Å². The maximum atomic E-state index is 11.7. The molecule has 1 aromatic carbocycles. The fourth-order valence-corrected chi connectivity index (χ4v) is 1.40. The molecule has 0 saturated carbocycles. The van der Waals surface area contributed by atoms with Crippen LogP contribution >= 0.6 is 0 Å². The van der Waals surface area contributed by atoms with Gasteiger partial charge >= 0.3 is 11.9 Å². The molecule has 0 aliphatic carbocycles. The first kappa shape index (κ1) is 14.2. The Hall–Kier alpha value is -1.88. The van der Waals surface area contributed by atoms with E-state index in [0.29, 0.717) is 12.0 Å². The topological polar surface area (TPSA) is 72.8 Å². The van der Waals surface area contributed by atoms with E-state index in [0.717, 1.165) is 0 Å². The van der Waals surface area contributed by atoms with Crippen LogP contribution in [0.15, 0.2) is 30.3 Å². The van der Waals surface area contributed by atoms with Gasteiger partial charge in [0.15, 0.2) is 6.10 Å². The lowest BCUT2D eigenvalue weighted by atomic mass is 10.2. The number of carbonyl (C=O) groups excluding carboxylic acids is 2. The molecule has 0 aromatic heterocycles. The summed E-state index contributed by atoms with van der Waals surface area (Å²) in [6.07, 6.45) is -0.376. The molecule has 0 heterocycles. The van der Waals surface area contributed by atoms with Crippen LogP contribution in [0.1, 0.15) is 23.2 Å². The zero-order chi connectivity index (χ0) is 13.4. The Morgan fingerprint density at radius 2 is 1.94 bits per heavy atom. The van der Waals surface area contributed by atoms with Gasteiger partial charge in [-0.15, -0.1) is 0 Å². The molecule has 98 valence electrons. The second kappa shape index (κ2) is 7.45. The number of esters is 2. The number of hydrogen-bond donors (Lipinski definition) is 1. The average Bonchev–Trinajstić information content (AvgIpc) is 2.43. The summed E-state index contributed by atoms with van der Waals surface area (Å²) in [7, 11) is 1.23. The summed E-state index contributed by atoms with van der Waals surface area (Å²) in [5, 5.41) is 8.73. The second-order valence-electron chi connectivity index (χ2n) is 3.65. The minimum Gasteiger partial charge on any atom is -0.466 e. The van der Waals surface area contributed by atoms with Crippen molar-refractivity contribution in [1.29, 1.82) is 0 Å². The molecule has 1 rings (SSSR count). The van der Waals surface area contributed by atoms with Crippen molar-refractivity contribution in [3.63, 3.8) is 0 Å². The molecule has 18 heavy (non-hydrogen) atoms. The molecule has 1 atom stereocenters. The van der Waals surface area contributed by atoms with Gasteiger partial charge in [0, 0.05) is 6.61 Å². The van der Waals surface area contributed by atoms with Crippen molar-refractivity contribution in [2.75, 3.05) is 13.7 Å². The van der Waals surface area contributed by atoms with Gasteiger partial charge in [-0.25, -0.2) is 9.59 Å². The highest BCUT2D eigenvalue weighted by Crippen LogP contribution is 2.09. The number of ether oxygens (including phenoxy) is 2. The third-order valence-electron chi connectivity index (χ3n) is 2.35. The molecule has 0 saturated heterocycles. The monoisotopic (exact) mass is 252 g/mol. The standard InChI is InChI=1S/C13H16O5/c1-17-13(16)11(8-5-9-14)18-12(15)10-6-3-2-4-7-10/h2-4,6-7,11,14H,5,8-9H2,1H3/t11-/m0/s1. The lowest BCUT2D eigenvalue weighted by Gasteiger charge is -2.15. The van der Waals surface area contributed by atoms with E-state index in [9.17, 15) is 9.59 Å². The fourth-order valence-electron chi connectivity index (χ4n) is 1.40. The van der Waals surface area contributed by atoms with E-state index in [2.05, 4.69) is 4.74 Å². The molecule has 5 heteroatoms. The minimum absolute atomic E-state index is 0.0730. The smallest absolute Gasteiger partial charge is 0.347 e. The van der Waals surface area contributed by atoms with Crippen LogP contribution in [0.2, 0.25) is 0 Å². The Morgan fingerprint density at radius 1 is 1.28 bits per heavy atom. The molecular formula is C13H16O5. The molecule has 0 radical (unpaired) electrons. The number of benzene rings is 1. The largest absolute Gasteiger partial charge is 0.466 e. The van der Waals surface area contributed by atoms with Crippen LogP contribution < -0.4 is 0 Å². The van der Waals surface area contributed by atoms with Crippen LogP contribution in [0.25, 0.3) is 0 Å². The van der Waals surface area contributed by atoms with E-state index in [1.165, 1.54) is 7.11 Å². The molecule has 0 aliphatic rings. The normalized spacial score (nSPS) is 11.7. The van der Waals surface area contributed by atoms with Crippen LogP contribution in [0.3, 0.4) is 0 Å². The van der Waals surface area contributed by atoms with Gasteiger partial charge in [-0.1, -0.05) is 18.2 Å². The van der Waals surface area contributed by atoms with Gasteiger partial charge in [0.05, 0.1) is 12.7 Å². The summed E-state index contributed by atoms with van der Waals surface area (Å²) in [6, 6.07) is 8.39. The van der Waals surface area contributed by atoms with Crippen molar-refractivity contribution in [1.82, 2.24) is 0 Å². The van der Waals surface area contributed by atoms with Gasteiger partial charge < -0.3 is 14.6 Å². The van der Waals surface area contributed by atoms with Crippen molar-refractivity contribution in [2.45, 2.75) is 18.9 Å². The van der Waals surface area contributed by atoms with Crippen LogP contribution in [0, 0.1) is 0 Å². The summed E-state index contributed by atoms with van der Waals surface area (Å²) >= 11 is 0. The Bertz CT molecular complexity index is 388. The molecule has 1 aromatic rings. The second-order valence-corrected chi connectivity index (χ2v) is 3.65. The first-order valence-corrected chi connectivity index (χ1v) is 5.63. The van der Waals surface area contributed by atoms with Crippen molar-refractivity contribution in [3.8, 4) is 0 Å². The molecule has 5 nitrogen and oxygen atoms in total.